The predicted molar refractivity (Wildman–Crippen MR) is 89.3 cm³/mol. The van der Waals surface area contributed by atoms with Crippen LogP contribution in [-0.2, 0) is 27.8 Å². The molecule has 0 saturated heterocycles. The molecule has 0 spiro atoms. The Balaban J connectivity index is 1.99. The molecule has 0 aliphatic heterocycles. The van der Waals surface area contributed by atoms with E-state index in [2.05, 4.69) is 10.0 Å². The molecule has 0 radical (unpaired) electrons. The number of carbonyl (C=O) groups excluding carboxylic acids is 1. The quantitative estimate of drug-likeness (QED) is 0.802. The maximum atomic E-state index is 13.5. The van der Waals surface area contributed by atoms with Gasteiger partial charge in [-0.1, -0.05) is 30.3 Å². The second-order valence-electron chi connectivity index (χ2n) is 5.29. The van der Waals surface area contributed by atoms with E-state index >= 15 is 0 Å². The Morgan fingerprint density at radius 2 is 1.75 bits per heavy atom. The summed E-state index contributed by atoms with van der Waals surface area (Å²) >= 11 is 0. The first-order valence-electron chi connectivity index (χ1n) is 7.45. The van der Waals surface area contributed by atoms with Gasteiger partial charge in [-0.3, -0.25) is 4.79 Å². The number of halogens is 1. The van der Waals surface area contributed by atoms with Crippen LogP contribution in [0.5, 0.6) is 0 Å². The van der Waals surface area contributed by atoms with E-state index in [0.717, 1.165) is 5.56 Å². The third-order valence-corrected chi connectivity index (χ3v) is 4.85. The summed E-state index contributed by atoms with van der Waals surface area (Å²) in [6.45, 7) is 1.82. The fraction of sp³-hybridized carbons (Fsp3) is 0.235. The average molecular weight is 350 g/mol. The Labute approximate surface area is 141 Å². The van der Waals surface area contributed by atoms with Gasteiger partial charge in [-0.2, -0.15) is 0 Å². The number of rotatable bonds is 7. The molecule has 1 amide bonds. The van der Waals surface area contributed by atoms with E-state index in [0.29, 0.717) is 13.0 Å². The molecule has 0 aliphatic carbocycles. The van der Waals surface area contributed by atoms with Crippen LogP contribution >= 0.6 is 0 Å². The molecule has 2 N–H and O–H groups in total. The second-order valence-corrected chi connectivity index (χ2v) is 7.06. The van der Waals surface area contributed by atoms with E-state index in [1.54, 1.807) is 24.3 Å². The van der Waals surface area contributed by atoms with Crippen molar-refractivity contribution in [3.8, 4) is 0 Å². The van der Waals surface area contributed by atoms with Crippen LogP contribution in [0.15, 0.2) is 53.4 Å². The molecular formula is C17H19FN2O3S. The molecule has 2 rings (SSSR count). The molecule has 0 fully saturated rings. The van der Waals surface area contributed by atoms with Crippen LogP contribution in [0.3, 0.4) is 0 Å². The van der Waals surface area contributed by atoms with Crippen LogP contribution in [-0.4, -0.2) is 20.9 Å². The number of benzene rings is 2. The molecular weight excluding hydrogens is 331 g/mol. The molecule has 2 aromatic rings. The Morgan fingerprint density at radius 1 is 1.08 bits per heavy atom. The van der Waals surface area contributed by atoms with Crippen molar-refractivity contribution in [1.82, 2.24) is 10.0 Å². The minimum absolute atomic E-state index is 0.105. The number of amides is 1. The topological polar surface area (TPSA) is 75.3 Å². The maximum absolute atomic E-state index is 13.5. The van der Waals surface area contributed by atoms with Gasteiger partial charge in [0.15, 0.2) is 0 Å². The minimum Gasteiger partial charge on any atom is -0.356 e. The van der Waals surface area contributed by atoms with Crippen LogP contribution in [0.25, 0.3) is 0 Å². The van der Waals surface area contributed by atoms with E-state index in [1.165, 1.54) is 31.2 Å². The zero-order valence-corrected chi connectivity index (χ0v) is 14.1. The van der Waals surface area contributed by atoms with Crippen LogP contribution in [0.4, 0.5) is 4.39 Å². The van der Waals surface area contributed by atoms with Crippen molar-refractivity contribution in [2.75, 3.05) is 6.54 Å². The van der Waals surface area contributed by atoms with E-state index < -0.39 is 15.8 Å². The van der Waals surface area contributed by atoms with E-state index in [4.69, 9.17) is 0 Å². The zero-order chi connectivity index (χ0) is 17.6. The molecule has 0 bridgehead atoms. The van der Waals surface area contributed by atoms with Crippen molar-refractivity contribution in [1.29, 1.82) is 0 Å². The Hall–Kier alpha value is -2.25. The lowest BCUT2D eigenvalue weighted by Gasteiger charge is -2.09. The summed E-state index contributed by atoms with van der Waals surface area (Å²) in [5.74, 6) is -0.555. The predicted octanol–water partition coefficient (Wildman–Crippen LogP) is 1.98. The molecule has 0 atom stereocenters. The summed E-state index contributed by atoms with van der Waals surface area (Å²) in [5.41, 5.74) is 1.20. The highest BCUT2D eigenvalue weighted by Crippen LogP contribution is 2.13. The Bertz CT molecular complexity index is 805. The lowest BCUT2D eigenvalue weighted by molar-refractivity contribution is -0.118. The summed E-state index contributed by atoms with van der Waals surface area (Å²) in [5, 5.41) is 2.68. The zero-order valence-electron chi connectivity index (χ0n) is 13.3. The fourth-order valence-electron chi connectivity index (χ4n) is 2.12. The third-order valence-electron chi connectivity index (χ3n) is 3.43. The van der Waals surface area contributed by atoms with Crippen molar-refractivity contribution in [2.24, 2.45) is 0 Å². The second kappa shape index (κ2) is 8.03. The lowest BCUT2D eigenvalue weighted by atomic mass is 10.1. The summed E-state index contributed by atoms with van der Waals surface area (Å²) < 4.78 is 40.4. The minimum atomic E-state index is -3.71. The lowest BCUT2D eigenvalue weighted by Crippen LogP contribution is -2.24. The molecule has 0 aromatic heterocycles. The van der Waals surface area contributed by atoms with Crippen molar-refractivity contribution in [3.63, 3.8) is 0 Å². The molecule has 24 heavy (non-hydrogen) atoms. The Kier molecular flexibility index (Phi) is 6.05. The molecule has 0 heterocycles. The van der Waals surface area contributed by atoms with Crippen molar-refractivity contribution in [3.05, 3.63) is 65.5 Å². The maximum Gasteiger partial charge on any atom is 0.240 e. The highest BCUT2D eigenvalue weighted by molar-refractivity contribution is 7.89. The van der Waals surface area contributed by atoms with Gasteiger partial charge in [-0.25, -0.2) is 17.5 Å². The normalized spacial score (nSPS) is 11.2. The van der Waals surface area contributed by atoms with Gasteiger partial charge in [0.2, 0.25) is 15.9 Å². The van der Waals surface area contributed by atoms with Gasteiger partial charge in [-0.15, -0.1) is 0 Å². The molecule has 7 heteroatoms. The van der Waals surface area contributed by atoms with Crippen molar-refractivity contribution in [2.45, 2.75) is 24.8 Å². The van der Waals surface area contributed by atoms with Gasteiger partial charge in [0.05, 0.1) is 4.90 Å². The largest absolute Gasteiger partial charge is 0.356 e. The fourth-order valence-corrected chi connectivity index (χ4v) is 3.12. The molecule has 5 nitrogen and oxygen atoms in total. The standard InChI is InChI=1S/C17H19FN2O3S/c1-13(21)19-11-10-14-6-8-16(9-7-14)24(22,23)20-12-15-4-2-3-5-17(15)18/h2-9,20H,10-12H2,1H3,(H,19,21). The van der Waals surface area contributed by atoms with Crippen LogP contribution in [0, 0.1) is 5.82 Å². The highest BCUT2D eigenvalue weighted by Gasteiger charge is 2.14. The van der Waals surface area contributed by atoms with E-state index in [-0.39, 0.29) is 22.9 Å². The number of sulfonamides is 1. The summed E-state index contributed by atoms with van der Waals surface area (Å²) in [7, 11) is -3.71. The Morgan fingerprint density at radius 3 is 2.38 bits per heavy atom. The number of carbonyl (C=O) groups is 1. The molecule has 0 saturated carbocycles. The van der Waals surface area contributed by atoms with E-state index in [1.807, 2.05) is 0 Å². The smallest absolute Gasteiger partial charge is 0.240 e. The monoisotopic (exact) mass is 350 g/mol. The summed E-state index contributed by atoms with van der Waals surface area (Å²) in [6.07, 6.45) is 0.614. The van der Waals surface area contributed by atoms with E-state index in [9.17, 15) is 17.6 Å². The summed E-state index contributed by atoms with van der Waals surface area (Å²) in [4.78, 5) is 10.9. The molecule has 128 valence electrons. The van der Waals surface area contributed by atoms with Gasteiger partial charge in [0.25, 0.3) is 0 Å². The van der Waals surface area contributed by atoms with Crippen molar-refractivity contribution < 1.29 is 17.6 Å². The first kappa shape index (κ1) is 18.1. The molecule has 0 aliphatic rings. The van der Waals surface area contributed by atoms with Crippen molar-refractivity contribution >= 4 is 15.9 Å². The van der Waals surface area contributed by atoms with Gasteiger partial charge >= 0.3 is 0 Å². The third kappa shape index (κ3) is 5.14. The van der Waals surface area contributed by atoms with Gasteiger partial charge in [0, 0.05) is 25.6 Å². The van der Waals surface area contributed by atoms with Gasteiger partial charge in [0.1, 0.15) is 5.82 Å². The van der Waals surface area contributed by atoms with Crippen LogP contribution in [0.1, 0.15) is 18.1 Å². The average Bonchev–Trinajstić information content (AvgIpc) is 2.54. The van der Waals surface area contributed by atoms with Gasteiger partial charge < -0.3 is 5.32 Å². The first-order chi connectivity index (χ1) is 11.4. The summed E-state index contributed by atoms with van der Waals surface area (Å²) in [6, 6.07) is 12.4. The molecule has 0 unspecified atom stereocenters. The first-order valence-corrected chi connectivity index (χ1v) is 8.93. The SMILES string of the molecule is CC(=O)NCCc1ccc(S(=O)(=O)NCc2ccccc2F)cc1. The number of hydrogen-bond donors (Lipinski definition) is 2. The number of nitrogens with one attached hydrogen (secondary N) is 2. The molecule has 2 aromatic carbocycles. The van der Waals surface area contributed by atoms with Crippen LogP contribution < -0.4 is 10.0 Å². The highest BCUT2D eigenvalue weighted by atomic mass is 32.2. The van der Waals surface area contributed by atoms with Crippen LogP contribution in [0.2, 0.25) is 0 Å². The number of hydrogen-bond acceptors (Lipinski definition) is 3. The van der Waals surface area contributed by atoms with Gasteiger partial charge in [-0.05, 0) is 30.2 Å².